The normalized spacial score (nSPS) is 18.5. The first-order chi connectivity index (χ1) is 19.7. The summed E-state index contributed by atoms with van der Waals surface area (Å²) in [5, 5.41) is 10.8. The number of likely N-dealkylation sites (tertiary alicyclic amines) is 1. The molecular weight excluding hydrogens is 573 g/mol. The van der Waals surface area contributed by atoms with Gasteiger partial charge in [-0.05, 0) is 12.1 Å². The smallest absolute Gasteiger partial charge is 0.243 e. The van der Waals surface area contributed by atoms with Crippen molar-refractivity contribution in [2.75, 3.05) is 51.2 Å². The second kappa shape index (κ2) is 11.9. The van der Waals surface area contributed by atoms with Crippen LogP contribution in [0.1, 0.15) is 6.92 Å². The van der Waals surface area contributed by atoms with Gasteiger partial charge in [0.25, 0.3) is 0 Å². The molecule has 0 radical (unpaired) electrons. The highest BCUT2D eigenvalue weighted by Crippen LogP contribution is 2.46. The fourth-order valence-electron chi connectivity index (χ4n) is 4.72. The van der Waals surface area contributed by atoms with Crippen molar-refractivity contribution in [3.05, 3.63) is 41.0 Å². The van der Waals surface area contributed by atoms with Crippen molar-refractivity contribution in [3.63, 3.8) is 0 Å². The molecule has 1 aromatic carbocycles. The van der Waals surface area contributed by atoms with Crippen LogP contribution in [0.2, 0.25) is 10.0 Å². The Morgan fingerprint density at radius 1 is 1.07 bits per heavy atom. The Bertz CT molecular complexity index is 1490. The predicted octanol–water partition coefficient (Wildman–Crippen LogP) is 3.14. The average Bonchev–Trinajstić information content (AvgIpc) is 3.33. The molecule has 3 N–H and O–H groups in total. The molecule has 2 amide bonds. The van der Waals surface area contributed by atoms with Crippen molar-refractivity contribution < 1.29 is 23.8 Å². The Balaban J connectivity index is 1.55. The van der Waals surface area contributed by atoms with Gasteiger partial charge in [0.15, 0.2) is 5.82 Å². The van der Waals surface area contributed by atoms with Crippen LogP contribution in [0, 0.1) is 0 Å². The minimum Gasteiger partial charge on any atom is -0.495 e. The number of amides is 2. The number of ether oxygens (including phenoxy) is 3. The van der Waals surface area contributed by atoms with Gasteiger partial charge in [-0.2, -0.15) is 0 Å². The van der Waals surface area contributed by atoms with Gasteiger partial charge in [-0.25, -0.2) is 15.0 Å². The van der Waals surface area contributed by atoms with Gasteiger partial charge in [0.2, 0.25) is 17.8 Å². The molecule has 2 saturated heterocycles. The quantitative estimate of drug-likeness (QED) is 0.313. The number of rotatable bonds is 9. The molecule has 14 heteroatoms. The lowest BCUT2D eigenvalue weighted by molar-refractivity contribution is -0.128. The van der Waals surface area contributed by atoms with E-state index in [0.717, 1.165) is 0 Å². The van der Waals surface area contributed by atoms with E-state index in [-0.39, 0.29) is 40.0 Å². The minimum atomic E-state index is -0.360. The average molecular weight is 602 g/mol. The zero-order chi connectivity index (χ0) is 29.3. The summed E-state index contributed by atoms with van der Waals surface area (Å²) in [4.78, 5) is 39.9. The molecular formula is C27H29Cl2N7O5. The van der Waals surface area contributed by atoms with Gasteiger partial charge in [0.1, 0.15) is 17.0 Å². The predicted molar refractivity (Wildman–Crippen MR) is 156 cm³/mol. The Morgan fingerprint density at radius 3 is 2.34 bits per heavy atom. The van der Waals surface area contributed by atoms with E-state index in [2.05, 4.69) is 27.5 Å². The van der Waals surface area contributed by atoms with Crippen LogP contribution in [0.3, 0.4) is 0 Å². The standard InChI is InChI=1S/C27H29Cl2N7O5/c1-5-21(38)32-17-9-36(13(2)37)10-18(17)34-27-30-8-14-6-16(33-26(25(14)35-27)31-15-11-41-12-15)22-23(28)19(39-3)7-20(40-4)24(22)29/h5-8,15,17-18H,1,9-12H2,2-4H3,(H,31,33)(H,32,38)(H,30,34,35)/t17-,18+/m0/s1. The molecule has 0 aliphatic carbocycles. The number of aromatic nitrogens is 3. The first-order valence-electron chi connectivity index (χ1n) is 12.8. The molecule has 3 aromatic rings. The van der Waals surface area contributed by atoms with E-state index < -0.39 is 0 Å². The molecule has 4 heterocycles. The number of nitrogens with one attached hydrogen (secondary N) is 3. The fourth-order valence-corrected chi connectivity index (χ4v) is 5.42. The lowest BCUT2D eigenvalue weighted by atomic mass is 10.1. The highest BCUT2D eigenvalue weighted by molar-refractivity contribution is 6.41. The Morgan fingerprint density at radius 2 is 1.76 bits per heavy atom. The third-order valence-electron chi connectivity index (χ3n) is 6.97. The van der Waals surface area contributed by atoms with E-state index in [1.807, 2.05) is 0 Å². The van der Waals surface area contributed by atoms with Crippen LogP contribution in [0.5, 0.6) is 11.5 Å². The second-order valence-electron chi connectivity index (χ2n) is 9.64. The van der Waals surface area contributed by atoms with Crippen LogP contribution in [0.25, 0.3) is 22.2 Å². The zero-order valence-electron chi connectivity index (χ0n) is 22.7. The number of pyridine rings is 1. The fraction of sp³-hybridized carbons (Fsp3) is 0.370. The van der Waals surface area contributed by atoms with Crippen molar-refractivity contribution >= 4 is 57.7 Å². The molecule has 0 saturated carbocycles. The number of fused-ring (bicyclic) bond motifs is 1. The summed E-state index contributed by atoms with van der Waals surface area (Å²) in [6.45, 7) is 6.76. The molecule has 2 aliphatic heterocycles. The van der Waals surface area contributed by atoms with Crippen molar-refractivity contribution in [3.8, 4) is 22.8 Å². The van der Waals surface area contributed by atoms with Crippen molar-refractivity contribution in [1.82, 2.24) is 25.2 Å². The van der Waals surface area contributed by atoms with Gasteiger partial charge < -0.3 is 35.1 Å². The highest BCUT2D eigenvalue weighted by atomic mass is 35.5. The topological polar surface area (TPSA) is 140 Å². The van der Waals surface area contributed by atoms with Crippen LogP contribution in [-0.2, 0) is 14.3 Å². The molecule has 0 unspecified atom stereocenters. The van der Waals surface area contributed by atoms with Crippen LogP contribution < -0.4 is 25.4 Å². The summed E-state index contributed by atoms with van der Waals surface area (Å²) in [6.07, 6.45) is 2.86. The second-order valence-corrected chi connectivity index (χ2v) is 10.4. The number of halogens is 2. The van der Waals surface area contributed by atoms with E-state index in [1.165, 1.54) is 27.2 Å². The molecule has 2 aliphatic rings. The number of hydrogen-bond acceptors (Lipinski definition) is 10. The summed E-state index contributed by atoms with van der Waals surface area (Å²) in [5.41, 5.74) is 1.46. The molecule has 41 heavy (non-hydrogen) atoms. The van der Waals surface area contributed by atoms with E-state index in [0.29, 0.717) is 71.7 Å². The molecule has 2 fully saturated rings. The first kappa shape index (κ1) is 28.7. The number of carbonyl (C=O) groups excluding carboxylic acids is 2. The molecule has 216 valence electrons. The van der Waals surface area contributed by atoms with Gasteiger partial charge in [0.05, 0.1) is 61.3 Å². The third kappa shape index (κ3) is 5.81. The summed E-state index contributed by atoms with van der Waals surface area (Å²) >= 11 is 13.4. The molecule has 12 nitrogen and oxygen atoms in total. The molecule has 0 spiro atoms. The maximum atomic E-state index is 12.1. The summed E-state index contributed by atoms with van der Waals surface area (Å²) < 4.78 is 16.2. The largest absolute Gasteiger partial charge is 0.495 e. The number of carbonyl (C=O) groups is 2. The van der Waals surface area contributed by atoms with E-state index >= 15 is 0 Å². The summed E-state index contributed by atoms with van der Waals surface area (Å²) in [7, 11) is 3.01. The number of benzene rings is 1. The number of hydrogen-bond donors (Lipinski definition) is 3. The molecule has 2 atom stereocenters. The Kier molecular flexibility index (Phi) is 8.34. The van der Waals surface area contributed by atoms with Crippen LogP contribution in [0.4, 0.5) is 11.8 Å². The van der Waals surface area contributed by atoms with Crippen LogP contribution >= 0.6 is 23.2 Å². The number of nitrogens with zero attached hydrogens (tertiary/aromatic N) is 4. The maximum absolute atomic E-state index is 12.1. The monoisotopic (exact) mass is 601 g/mol. The van der Waals surface area contributed by atoms with Crippen LogP contribution in [-0.4, -0.2) is 90.3 Å². The van der Waals surface area contributed by atoms with Crippen molar-refractivity contribution in [1.29, 1.82) is 0 Å². The van der Waals surface area contributed by atoms with Gasteiger partial charge in [0, 0.05) is 43.2 Å². The van der Waals surface area contributed by atoms with E-state index in [9.17, 15) is 9.59 Å². The Hall–Kier alpha value is -3.87. The lowest BCUT2D eigenvalue weighted by Crippen LogP contribution is -2.45. The Labute approximate surface area is 246 Å². The maximum Gasteiger partial charge on any atom is 0.243 e. The summed E-state index contributed by atoms with van der Waals surface area (Å²) in [5.74, 6) is 1.15. The van der Waals surface area contributed by atoms with Gasteiger partial charge in [-0.3, -0.25) is 9.59 Å². The lowest BCUT2D eigenvalue weighted by Gasteiger charge is -2.28. The van der Waals surface area contributed by atoms with E-state index in [4.69, 9.17) is 47.4 Å². The highest BCUT2D eigenvalue weighted by Gasteiger charge is 2.35. The third-order valence-corrected chi connectivity index (χ3v) is 7.72. The summed E-state index contributed by atoms with van der Waals surface area (Å²) in [6, 6.07) is 2.75. The van der Waals surface area contributed by atoms with E-state index in [1.54, 1.807) is 23.2 Å². The molecule has 5 rings (SSSR count). The van der Waals surface area contributed by atoms with Crippen molar-refractivity contribution in [2.24, 2.45) is 0 Å². The number of anilines is 2. The minimum absolute atomic E-state index is 0.0376. The van der Waals surface area contributed by atoms with Crippen molar-refractivity contribution in [2.45, 2.75) is 25.0 Å². The zero-order valence-corrected chi connectivity index (χ0v) is 24.2. The van der Waals surface area contributed by atoms with Crippen LogP contribution in [0.15, 0.2) is 31.0 Å². The van der Waals surface area contributed by atoms with Gasteiger partial charge >= 0.3 is 0 Å². The molecule has 2 aromatic heterocycles. The first-order valence-corrected chi connectivity index (χ1v) is 13.5. The van der Waals surface area contributed by atoms with Gasteiger partial charge in [-0.15, -0.1) is 0 Å². The number of methoxy groups -OCH3 is 2. The molecule has 0 bridgehead atoms. The van der Waals surface area contributed by atoms with Gasteiger partial charge in [-0.1, -0.05) is 29.8 Å². The SMILES string of the molecule is C=CC(=O)N[C@H]1CN(C(C)=O)C[C@H]1Nc1ncc2cc(-c3c(Cl)c(OC)cc(OC)c3Cl)nc(NC3COC3)c2n1.